The lowest BCUT2D eigenvalue weighted by atomic mass is 10.3. The van der Waals surface area contributed by atoms with Gasteiger partial charge < -0.3 is 5.32 Å². The van der Waals surface area contributed by atoms with Crippen LogP contribution in [0.25, 0.3) is 0 Å². The van der Waals surface area contributed by atoms with Crippen molar-refractivity contribution in [1.82, 2.24) is 15.0 Å². The monoisotopic (exact) mass is 234 g/mol. The van der Waals surface area contributed by atoms with Gasteiger partial charge in [-0.1, -0.05) is 11.6 Å². The Hall–Kier alpha value is -2.01. The van der Waals surface area contributed by atoms with E-state index in [0.29, 0.717) is 10.7 Å². The first kappa shape index (κ1) is 10.5. The van der Waals surface area contributed by atoms with Gasteiger partial charge in [-0.2, -0.15) is 0 Å². The minimum Gasteiger partial charge on any atom is -0.319 e. The maximum Gasteiger partial charge on any atom is 0.275 e. The molecular formula is C10H7ClN4O. The molecule has 0 fully saturated rings. The van der Waals surface area contributed by atoms with Gasteiger partial charge >= 0.3 is 0 Å². The second-order valence-corrected chi connectivity index (χ2v) is 3.37. The SMILES string of the molecule is O=C(Nc1cncc(Cl)c1)c1cnccn1. The van der Waals surface area contributed by atoms with E-state index < -0.39 is 0 Å². The zero-order chi connectivity index (χ0) is 11.4. The molecule has 0 aromatic carbocycles. The largest absolute Gasteiger partial charge is 0.319 e. The molecular weight excluding hydrogens is 228 g/mol. The van der Waals surface area contributed by atoms with Crippen LogP contribution in [-0.4, -0.2) is 20.9 Å². The fourth-order valence-electron chi connectivity index (χ4n) is 1.09. The number of hydrogen-bond acceptors (Lipinski definition) is 4. The van der Waals surface area contributed by atoms with Gasteiger partial charge in [0.15, 0.2) is 0 Å². The number of aromatic nitrogens is 3. The molecule has 80 valence electrons. The quantitative estimate of drug-likeness (QED) is 0.860. The van der Waals surface area contributed by atoms with Crippen LogP contribution < -0.4 is 5.32 Å². The number of amides is 1. The summed E-state index contributed by atoms with van der Waals surface area (Å²) in [6.45, 7) is 0. The summed E-state index contributed by atoms with van der Waals surface area (Å²) in [5.41, 5.74) is 0.755. The first-order valence-corrected chi connectivity index (χ1v) is 4.81. The van der Waals surface area contributed by atoms with Crippen LogP contribution in [0, 0.1) is 0 Å². The molecule has 0 aliphatic heterocycles. The molecule has 0 saturated carbocycles. The zero-order valence-corrected chi connectivity index (χ0v) is 8.85. The average molecular weight is 235 g/mol. The molecule has 5 nitrogen and oxygen atoms in total. The Morgan fingerprint density at radius 2 is 2.06 bits per heavy atom. The predicted octanol–water partition coefficient (Wildman–Crippen LogP) is 1.78. The van der Waals surface area contributed by atoms with Crippen molar-refractivity contribution in [3.8, 4) is 0 Å². The van der Waals surface area contributed by atoms with Gasteiger partial charge in [-0.25, -0.2) is 4.98 Å². The number of carbonyl (C=O) groups is 1. The second kappa shape index (κ2) is 4.67. The highest BCUT2D eigenvalue weighted by atomic mass is 35.5. The van der Waals surface area contributed by atoms with E-state index in [1.807, 2.05) is 0 Å². The van der Waals surface area contributed by atoms with Gasteiger partial charge in [0.25, 0.3) is 5.91 Å². The van der Waals surface area contributed by atoms with Crippen LogP contribution in [0.1, 0.15) is 10.5 Å². The number of pyridine rings is 1. The fourth-order valence-corrected chi connectivity index (χ4v) is 1.27. The summed E-state index contributed by atoms with van der Waals surface area (Å²) in [6.07, 6.45) is 7.32. The average Bonchev–Trinajstić information content (AvgIpc) is 2.30. The van der Waals surface area contributed by atoms with Crippen molar-refractivity contribution in [1.29, 1.82) is 0 Å². The van der Waals surface area contributed by atoms with E-state index in [2.05, 4.69) is 20.3 Å². The van der Waals surface area contributed by atoms with Crippen molar-refractivity contribution in [3.63, 3.8) is 0 Å². The van der Waals surface area contributed by atoms with E-state index in [-0.39, 0.29) is 11.6 Å². The lowest BCUT2D eigenvalue weighted by molar-refractivity contribution is 0.102. The molecule has 1 N–H and O–H groups in total. The number of halogens is 1. The lowest BCUT2D eigenvalue weighted by Crippen LogP contribution is -2.13. The number of hydrogen-bond donors (Lipinski definition) is 1. The van der Waals surface area contributed by atoms with Crippen molar-refractivity contribution < 1.29 is 4.79 Å². The Balaban J connectivity index is 2.14. The minimum absolute atomic E-state index is 0.238. The van der Waals surface area contributed by atoms with Crippen LogP contribution in [0.2, 0.25) is 5.02 Å². The van der Waals surface area contributed by atoms with Crippen molar-refractivity contribution in [2.75, 3.05) is 5.32 Å². The summed E-state index contributed by atoms with van der Waals surface area (Å²) >= 11 is 5.73. The molecule has 0 atom stereocenters. The third-order valence-electron chi connectivity index (χ3n) is 1.76. The van der Waals surface area contributed by atoms with Crippen molar-refractivity contribution in [2.24, 2.45) is 0 Å². The van der Waals surface area contributed by atoms with Gasteiger partial charge in [-0.15, -0.1) is 0 Å². The number of rotatable bonds is 2. The van der Waals surface area contributed by atoms with Crippen LogP contribution in [0.4, 0.5) is 5.69 Å². The molecule has 0 unspecified atom stereocenters. The van der Waals surface area contributed by atoms with Crippen LogP contribution in [0.15, 0.2) is 37.1 Å². The predicted molar refractivity (Wildman–Crippen MR) is 59.2 cm³/mol. The highest BCUT2D eigenvalue weighted by molar-refractivity contribution is 6.30. The molecule has 0 spiro atoms. The maximum atomic E-state index is 11.6. The molecule has 0 bridgehead atoms. The van der Waals surface area contributed by atoms with E-state index in [4.69, 9.17) is 11.6 Å². The molecule has 2 aromatic rings. The first-order valence-electron chi connectivity index (χ1n) is 4.43. The molecule has 0 saturated heterocycles. The molecule has 0 aliphatic rings. The van der Waals surface area contributed by atoms with Crippen molar-refractivity contribution >= 4 is 23.2 Å². The van der Waals surface area contributed by atoms with E-state index in [1.54, 1.807) is 6.07 Å². The Morgan fingerprint density at radius 3 is 2.75 bits per heavy atom. The molecule has 0 radical (unpaired) electrons. The summed E-state index contributed by atoms with van der Waals surface area (Å²) in [5, 5.41) is 3.07. The smallest absolute Gasteiger partial charge is 0.275 e. The normalized spacial score (nSPS) is 9.81. The summed E-state index contributed by atoms with van der Waals surface area (Å²) < 4.78 is 0. The molecule has 0 aliphatic carbocycles. The van der Waals surface area contributed by atoms with E-state index in [1.165, 1.54) is 31.0 Å². The molecule has 6 heteroatoms. The van der Waals surface area contributed by atoms with Crippen molar-refractivity contribution in [2.45, 2.75) is 0 Å². The third kappa shape index (κ3) is 2.52. The lowest BCUT2D eigenvalue weighted by Gasteiger charge is -2.03. The Kier molecular flexibility index (Phi) is 3.07. The number of nitrogens with one attached hydrogen (secondary N) is 1. The topological polar surface area (TPSA) is 67.8 Å². The van der Waals surface area contributed by atoms with Gasteiger partial charge in [0.1, 0.15) is 5.69 Å². The number of anilines is 1. The summed E-state index contributed by atoms with van der Waals surface area (Å²) in [7, 11) is 0. The second-order valence-electron chi connectivity index (χ2n) is 2.94. The maximum absolute atomic E-state index is 11.6. The van der Waals surface area contributed by atoms with Gasteiger partial charge in [-0.3, -0.25) is 14.8 Å². The third-order valence-corrected chi connectivity index (χ3v) is 1.97. The summed E-state index contributed by atoms with van der Waals surface area (Å²) in [5.74, 6) is -0.350. The van der Waals surface area contributed by atoms with Gasteiger partial charge in [0, 0.05) is 18.6 Å². The van der Waals surface area contributed by atoms with Crippen LogP contribution in [-0.2, 0) is 0 Å². The minimum atomic E-state index is -0.350. The fraction of sp³-hybridized carbons (Fsp3) is 0. The van der Waals surface area contributed by atoms with Crippen LogP contribution >= 0.6 is 11.6 Å². The van der Waals surface area contributed by atoms with Crippen LogP contribution in [0.5, 0.6) is 0 Å². The number of nitrogens with zero attached hydrogens (tertiary/aromatic N) is 3. The van der Waals surface area contributed by atoms with E-state index in [9.17, 15) is 4.79 Å². The van der Waals surface area contributed by atoms with Gasteiger partial charge in [-0.05, 0) is 6.07 Å². The Bertz CT molecular complexity index is 503. The Labute approximate surface area is 96.5 Å². The highest BCUT2D eigenvalue weighted by Gasteiger charge is 2.07. The molecule has 2 rings (SSSR count). The highest BCUT2D eigenvalue weighted by Crippen LogP contribution is 2.13. The summed E-state index contributed by atoms with van der Waals surface area (Å²) in [6, 6.07) is 1.60. The molecule has 2 heterocycles. The van der Waals surface area contributed by atoms with Gasteiger partial charge in [0.05, 0.1) is 23.1 Å². The van der Waals surface area contributed by atoms with Crippen LogP contribution in [0.3, 0.4) is 0 Å². The zero-order valence-electron chi connectivity index (χ0n) is 8.09. The first-order chi connectivity index (χ1) is 7.75. The van der Waals surface area contributed by atoms with Crippen molar-refractivity contribution in [3.05, 3.63) is 47.8 Å². The van der Waals surface area contributed by atoms with E-state index in [0.717, 1.165) is 0 Å². The number of carbonyl (C=O) groups excluding carboxylic acids is 1. The molecule has 1 amide bonds. The molecule has 16 heavy (non-hydrogen) atoms. The molecule has 2 aromatic heterocycles. The Morgan fingerprint density at radius 1 is 1.19 bits per heavy atom. The van der Waals surface area contributed by atoms with E-state index >= 15 is 0 Å². The standard InChI is InChI=1S/C10H7ClN4O/c11-7-3-8(5-13-4-7)15-10(16)9-6-12-1-2-14-9/h1-6H,(H,15,16). The van der Waals surface area contributed by atoms with Gasteiger partial charge in [0.2, 0.25) is 0 Å². The summed E-state index contributed by atoms with van der Waals surface area (Å²) in [4.78, 5) is 23.2.